The van der Waals surface area contributed by atoms with Gasteiger partial charge in [-0.1, -0.05) is 24.3 Å². The molecule has 12 heteroatoms. The summed E-state index contributed by atoms with van der Waals surface area (Å²) in [6, 6.07) is 14.1. The Morgan fingerprint density at radius 3 is 2.50 bits per heavy atom. The minimum Gasteiger partial charge on any atom is -0.383 e. The summed E-state index contributed by atoms with van der Waals surface area (Å²) in [6.07, 6.45) is 4.50. The van der Waals surface area contributed by atoms with E-state index in [-0.39, 0.29) is 24.0 Å². The average molecular weight is 574 g/mol. The lowest BCUT2D eigenvalue weighted by molar-refractivity contribution is -0.0215. The fourth-order valence-electron chi connectivity index (χ4n) is 4.73. The van der Waals surface area contributed by atoms with Gasteiger partial charge in [-0.05, 0) is 41.5 Å². The van der Waals surface area contributed by atoms with Gasteiger partial charge in [0.2, 0.25) is 0 Å². The molecule has 6 rings (SSSR count). The molecular formula is C30H26F3N7O2. The van der Waals surface area contributed by atoms with Crippen LogP contribution in [0.4, 0.5) is 30.5 Å². The van der Waals surface area contributed by atoms with Crippen LogP contribution in [-0.2, 0) is 17.2 Å². The predicted molar refractivity (Wildman–Crippen MR) is 153 cm³/mol. The third-order valence-corrected chi connectivity index (χ3v) is 7.12. The molecule has 5 aromatic rings. The summed E-state index contributed by atoms with van der Waals surface area (Å²) in [6.45, 7) is 2.20. The number of fused-ring (bicyclic) bond motifs is 1. The second-order valence-electron chi connectivity index (χ2n) is 10.1. The maximum absolute atomic E-state index is 14.1. The van der Waals surface area contributed by atoms with Crippen molar-refractivity contribution in [3.05, 3.63) is 95.8 Å². The third-order valence-electron chi connectivity index (χ3n) is 7.12. The van der Waals surface area contributed by atoms with Crippen LogP contribution in [0, 0.1) is 5.82 Å². The van der Waals surface area contributed by atoms with Gasteiger partial charge in [-0.25, -0.2) is 28.1 Å². The van der Waals surface area contributed by atoms with E-state index in [4.69, 9.17) is 10.5 Å². The molecule has 214 valence electrons. The number of carbonyl (C=O) groups excluding carboxylic acids is 1. The van der Waals surface area contributed by atoms with Gasteiger partial charge in [0.15, 0.2) is 0 Å². The van der Waals surface area contributed by atoms with E-state index in [2.05, 4.69) is 30.2 Å². The molecule has 0 bridgehead atoms. The normalized spacial score (nSPS) is 13.6. The summed E-state index contributed by atoms with van der Waals surface area (Å²) in [7, 11) is 0. The van der Waals surface area contributed by atoms with Crippen molar-refractivity contribution in [2.24, 2.45) is 0 Å². The van der Waals surface area contributed by atoms with E-state index in [1.54, 1.807) is 0 Å². The molecule has 0 saturated carbocycles. The number of nitrogens with two attached hydrogens (primary N) is 1. The first-order valence-electron chi connectivity index (χ1n) is 13.1. The summed E-state index contributed by atoms with van der Waals surface area (Å²) in [5.74, 6) is -3.81. The zero-order valence-corrected chi connectivity index (χ0v) is 22.4. The van der Waals surface area contributed by atoms with Crippen molar-refractivity contribution in [3.63, 3.8) is 0 Å². The van der Waals surface area contributed by atoms with E-state index < -0.39 is 23.2 Å². The first kappa shape index (κ1) is 27.2. The fraction of sp³-hybridized carbons (Fsp3) is 0.200. The monoisotopic (exact) mass is 573 g/mol. The molecule has 0 spiro atoms. The second-order valence-corrected chi connectivity index (χ2v) is 10.1. The molecule has 4 heterocycles. The standard InChI is InChI=1S/C30H26F3N7O2/c1-30(32,33)19-10-23(29(41)39-21-8-6-20(31)7-9-21)27(36-12-19)35-11-17-2-4-18(5-3-17)24-13-40(22-14-42-15-22)28-25(24)26(34)37-16-38-28/h2-10,12-13,16,22H,11,14-15H2,1H3,(H,35,36)(H,39,41)(H2,34,37,38). The third kappa shape index (κ3) is 5.36. The largest absolute Gasteiger partial charge is 0.383 e. The molecule has 1 saturated heterocycles. The van der Waals surface area contributed by atoms with Crippen LogP contribution in [0.5, 0.6) is 0 Å². The van der Waals surface area contributed by atoms with Gasteiger partial charge in [-0.15, -0.1) is 0 Å². The van der Waals surface area contributed by atoms with Gasteiger partial charge in [0, 0.05) is 42.7 Å². The predicted octanol–water partition coefficient (Wildman–Crippen LogP) is 5.76. The second kappa shape index (κ2) is 10.8. The van der Waals surface area contributed by atoms with Crippen molar-refractivity contribution in [3.8, 4) is 11.1 Å². The fourth-order valence-corrected chi connectivity index (χ4v) is 4.73. The summed E-state index contributed by atoms with van der Waals surface area (Å²) < 4.78 is 48.8. The lowest BCUT2D eigenvalue weighted by Gasteiger charge is -2.27. The van der Waals surface area contributed by atoms with Crippen LogP contribution in [-0.4, -0.2) is 38.6 Å². The first-order chi connectivity index (χ1) is 20.2. The number of alkyl halides is 2. The summed E-state index contributed by atoms with van der Waals surface area (Å²) >= 11 is 0. The van der Waals surface area contributed by atoms with Gasteiger partial charge in [-0.3, -0.25) is 4.79 Å². The Hall–Kier alpha value is -4.97. The Labute approximate surface area is 238 Å². The van der Waals surface area contributed by atoms with Gasteiger partial charge < -0.3 is 25.7 Å². The molecule has 2 aromatic carbocycles. The van der Waals surface area contributed by atoms with E-state index in [9.17, 15) is 18.0 Å². The smallest absolute Gasteiger partial charge is 0.272 e. The number of rotatable bonds is 8. The van der Waals surface area contributed by atoms with E-state index in [1.165, 1.54) is 30.6 Å². The number of hydrogen-bond donors (Lipinski definition) is 3. The summed E-state index contributed by atoms with van der Waals surface area (Å²) in [4.78, 5) is 25.8. The molecule has 0 radical (unpaired) electrons. The number of anilines is 3. The Bertz CT molecular complexity index is 1760. The highest BCUT2D eigenvalue weighted by atomic mass is 19.3. The number of benzene rings is 2. The molecule has 4 N–H and O–H groups in total. The summed E-state index contributed by atoms with van der Waals surface area (Å²) in [5.41, 5.74) is 9.48. The number of pyridine rings is 1. The molecule has 0 aliphatic carbocycles. The number of nitrogens with zero attached hydrogens (tertiary/aromatic N) is 4. The molecule has 0 atom stereocenters. The molecular weight excluding hydrogens is 547 g/mol. The molecule has 1 aliphatic heterocycles. The van der Waals surface area contributed by atoms with Crippen LogP contribution < -0.4 is 16.4 Å². The summed E-state index contributed by atoms with van der Waals surface area (Å²) in [5, 5.41) is 6.45. The molecule has 3 aromatic heterocycles. The molecule has 1 amide bonds. The van der Waals surface area contributed by atoms with E-state index in [0.29, 0.717) is 24.7 Å². The van der Waals surface area contributed by atoms with E-state index in [0.717, 1.165) is 46.9 Å². The number of aromatic nitrogens is 4. The zero-order valence-electron chi connectivity index (χ0n) is 22.4. The molecule has 1 fully saturated rings. The Balaban J connectivity index is 1.24. The lowest BCUT2D eigenvalue weighted by atomic mass is 10.0. The number of hydrogen-bond acceptors (Lipinski definition) is 7. The lowest BCUT2D eigenvalue weighted by Crippen LogP contribution is -2.30. The van der Waals surface area contributed by atoms with Gasteiger partial charge in [-0.2, -0.15) is 0 Å². The number of carbonyl (C=O) groups is 1. The quantitative estimate of drug-likeness (QED) is 0.216. The van der Waals surface area contributed by atoms with Crippen LogP contribution in [0.25, 0.3) is 22.2 Å². The van der Waals surface area contributed by atoms with E-state index in [1.807, 2.05) is 30.5 Å². The minimum absolute atomic E-state index is 0.0711. The van der Waals surface area contributed by atoms with Crippen molar-refractivity contribution >= 4 is 34.3 Å². The maximum atomic E-state index is 14.1. The number of nitrogens with one attached hydrogen (secondary N) is 2. The zero-order chi connectivity index (χ0) is 29.4. The van der Waals surface area contributed by atoms with Gasteiger partial charge in [0.25, 0.3) is 11.8 Å². The number of amides is 1. The Kier molecular flexibility index (Phi) is 6.99. The maximum Gasteiger partial charge on any atom is 0.272 e. The molecule has 9 nitrogen and oxygen atoms in total. The van der Waals surface area contributed by atoms with Crippen LogP contribution in [0.1, 0.15) is 34.5 Å². The SMILES string of the molecule is CC(F)(F)c1cnc(NCc2ccc(-c3cn(C4COC4)c4ncnc(N)c34)cc2)c(C(=O)Nc2ccc(F)cc2)c1. The van der Waals surface area contributed by atoms with Crippen LogP contribution in [0.3, 0.4) is 0 Å². The average Bonchev–Trinajstić information content (AvgIpc) is 3.32. The van der Waals surface area contributed by atoms with E-state index >= 15 is 0 Å². The first-order valence-corrected chi connectivity index (χ1v) is 13.1. The number of nitrogen functional groups attached to an aromatic ring is 1. The number of ether oxygens (including phenoxy) is 1. The Morgan fingerprint density at radius 1 is 1.10 bits per heavy atom. The Morgan fingerprint density at radius 2 is 1.83 bits per heavy atom. The van der Waals surface area contributed by atoms with Gasteiger partial charge >= 0.3 is 0 Å². The van der Waals surface area contributed by atoms with Crippen LogP contribution >= 0.6 is 0 Å². The van der Waals surface area contributed by atoms with Crippen LogP contribution in [0.2, 0.25) is 0 Å². The molecule has 1 aliphatic rings. The highest BCUT2D eigenvalue weighted by molar-refractivity contribution is 6.07. The number of halogens is 3. The van der Waals surface area contributed by atoms with Gasteiger partial charge in [0.1, 0.15) is 29.4 Å². The van der Waals surface area contributed by atoms with Crippen molar-refractivity contribution in [1.82, 2.24) is 19.5 Å². The van der Waals surface area contributed by atoms with Gasteiger partial charge in [0.05, 0.1) is 30.2 Å². The van der Waals surface area contributed by atoms with Crippen molar-refractivity contribution in [1.29, 1.82) is 0 Å². The topological polar surface area (TPSA) is 120 Å². The minimum atomic E-state index is -3.20. The van der Waals surface area contributed by atoms with Crippen molar-refractivity contribution in [2.45, 2.75) is 25.4 Å². The van der Waals surface area contributed by atoms with Crippen molar-refractivity contribution in [2.75, 3.05) is 29.6 Å². The highest BCUT2D eigenvalue weighted by Crippen LogP contribution is 2.36. The molecule has 0 unspecified atom stereocenters. The highest BCUT2D eigenvalue weighted by Gasteiger charge is 2.28. The molecule has 42 heavy (non-hydrogen) atoms. The van der Waals surface area contributed by atoms with Crippen molar-refractivity contribution < 1.29 is 22.7 Å². The van der Waals surface area contributed by atoms with Crippen LogP contribution in [0.15, 0.2) is 73.3 Å².